The number of anilines is 1. The van der Waals surface area contributed by atoms with Crippen molar-refractivity contribution in [3.63, 3.8) is 0 Å². The van der Waals surface area contributed by atoms with Gasteiger partial charge in [0.25, 0.3) is 5.91 Å². The number of hydrogen-bond donors (Lipinski definition) is 2. The van der Waals surface area contributed by atoms with E-state index in [-0.39, 0.29) is 17.4 Å². The molecule has 2 aromatic rings. The summed E-state index contributed by atoms with van der Waals surface area (Å²) in [6, 6.07) is 10.9. The van der Waals surface area contributed by atoms with Gasteiger partial charge in [0.15, 0.2) is 6.10 Å². The molecule has 0 radical (unpaired) electrons. The van der Waals surface area contributed by atoms with Gasteiger partial charge in [0.2, 0.25) is 10.0 Å². The smallest absolute Gasteiger partial charge is 0.311 e. The van der Waals surface area contributed by atoms with Gasteiger partial charge in [-0.1, -0.05) is 12.1 Å². The fourth-order valence-corrected chi connectivity index (χ4v) is 3.70. The van der Waals surface area contributed by atoms with Gasteiger partial charge in [-0.3, -0.25) is 9.59 Å². The van der Waals surface area contributed by atoms with Gasteiger partial charge in [-0.25, -0.2) is 17.5 Å². The maximum Gasteiger partial charge on any atom is 0.311 e. The van der Waals surface area contributed by atoms with Gasteiger partial charge in [-0.05, 0) is 62.7 Å². The first-order valence-electron chi connectivity index (χ1n) is 8.94. The molecule has 7 nitrogen and oxygen atoms in total. The Labute approximate surface area is 169 Å². The third-order valence-corrected chi connectivity index (χ3v) is 5.41. The largest absolute Gasteiger partial charge is 0.452 e. The first-order valence-corrected chi connectivity index (χ1v) is 10.4. The van der Waals surface area contributed by atoms with Gasteiger partial charge in [-0.15, -0.1) is 0 Å². The zero-order valence-electron chi connectivity index (χ0n) is 16.3. The lowest BCUT2D eigenvalue weighted by Crippen LogP contribution is -2.31. The molecule has 1 amide bonds. The minimum atomic E-state index is -3.63. The number of halogens is 1. The number of benzene rings is 2. The second-order valence-corrected chi connectivity index (χ2v) is 8.44. The molecule has 0 saturated carbocycles. The average Bonchev–Trinajstić information content (AvgIpc) is 2.61. The van der Waals surface area contributed by atoms with Crippen LogP contribution in [0.3, 0.4) is 0 Å². The second-order valence-electron chi connectivity index (χ2n) is 6.73. The monoisotopic (exact) mass is 422 g/mol. The molecule has 0 bridgehead atoms. The predicted octanol–water partition coefficient (Wildman–Crippen LogP) is 2.63. The van der Waals surface area contributed by atoms with Crippen LogP contribution in [0.1, 0.15) is 26.3 Å². The van der Waals surface area contributed by atoms with Gasteiger partial charge in [0.05, 0.1) is 11.3 Å². The lowest BCUT2D eigenvalue weighted by molar-refractivity contribution is -0.152. The molecule has 0 unspecified atom stereocenters. The summed E-state index contributed by atoms with van der Waals surface area (Å²) < 4.78 is 44.9. The number of carbonyl (C=O) groups is 2. The fraction of sp³-hybridized carbons (Fsp3) is 0.300. The van der Waals surface area contributed by atoms with E-state index in [2.05, 4.69) is 10.0 Å². The fourth-order valence-electron chi connectivity index (χ4n) is 2.45. The van der Waals surface area contributed by atoms with Crippen molar-refractivity contribution in [2.75, 3.05) is 5.32 Å². The summed E-state index contributed by atoms with van der Waals surface area (Å²) in [4.78, 5) is 24.2. The van der Waals surface area contributed by atoms with Crippen LogP contribution in [0.15, 0.2) is 53.4 Å². The van der Waals surface area contributed by atoms with Gasteiger partial charge >= 0.3 is 5.97 Å². The normalized spacial score (nSPS) is 12.4. The molecule has 0 heterocycles. The molecular weight excluding hydrogens is 399 g/mol. The maximum absolute atomic E-state index is 13.2. The average molecular weight is 422 g/mol. The highest BCUT2D eigenvalue weighted by Crippen LogP contribution is 2.15. The molecule has 9 heteroatoms. The molecule has 0 aliphatic carbocycles. The van der Waals surface area contributed by atoms with Gasteiger partial charge in [0.1, 0.15) is 5.82 Å². The Morgan fingerprint density at radius 3 is 2.31 bits per heavy atom. The molecule has 2 N–H and O–H groups in total. The molecule has 0 saturated heterocycles. The highest BCUT2D eigenvalue weighted by Gasteiger charge is 2.19. The molecule has 29 heavy (non-hydrogen) atoms. The van der Waals surface area contributed by atoms with E-state index in [9.17, 15) is 22.4 Å². The van der Waals surface area contributed by atoms with Crippen molar-refractivity contribution >= 4 is 27.6 Å². The number of ether oxygens (including phenoxy) is 1. The Balaban J connectivity index is 1.92. The zero-order chi connectivity index (χ0) is 21.6. The van der Waals surface area contributed by atoms with Crippen LogP contribution in [0.5, 0.6) is 0 Å². The number of esters is 1. The Morgan fingerprint density at radius 2 is 1.72 bits per heavy atom. The summed E-state index contributed by atoms with van der Waals surface area (Å²) in [6.45, 7) is 4.83. The molecule has 0 aliphatic heterocycles. The summed E-state index contributed by atoms with van der Waals surface area (Å²) in [5.41, 5.74) is 0.793. The molecule has 0 aromatic heterocycles. The number of sulfonamides is 1. The van der Waals surface area contributed by atoms with Crippen LogP contribution in [-0.2, 0) is 30.8 Å². The summed E-state index contributed by atoms with van der Waals surface area (Å²) >= 11 is 0. The maximum atomic E-state index is 13.2. The SMILES string of the molecule is CC(C)NS(=O)(=O)c1ccc(NC(=O)[C@@H](C)OC(=O)Cc2cccc(F)c2)cc1. The van der Waals surface area contributed by atoms with E-state index < -0.39 is 33.8 Å². The summed E-state index contributed by atoms with van der Waals surface area (Å²) in [7, 11) is -3.63. The molecule has 156 valence electrons. The van der Waals surface area contributed by atoms with Crippen LogP contribution in [0, 0.1) is 5.82 Å². The predicted molar refractivity (Wildman–Crippen MR) is 106 cm³/mol. The van der Waals surface area contributed by atoms with Crippen molar-refractivity contribution in [2.24, 2.45) is 0 Å². The quantitative estimate of drug-likeness (QED) is 0.637. The van der Waals surface area contributed by atoms with Crippen molar-refractivity contribution in [1.29, 1.82) is 0 Å². The van der Waals surface area contributed by atoms with E-state index in [4.69, 9.17) is 4.74 Å². The van der Waals surface area contributed by atoms with Crippen LogP contribution in [0.2, 0.25) is 0 Å². The van der Waals surface area contributed by atoms with Crippen molar-refractivity contribution in [3.05, 3.63) is 59.9 Å². The van der Waals surface area contributed by atoms with E-state index in [1.165, 1.54) is 49.4 Å². The molecule has 1 atom stereocenters. The van der Waals surface area contributed by atoms with E-state index in [0.29, 0.717) is 11.3 Å². The third kappa shape index (κ3) is 6.95. The van der Waals surface area contributed by atoms with Gasteiger partial charge < -0.3 is 10.1 Å². The molecule has 0 fully saturated rings. The van der Waals surface area contributed by atoms with E-state index in [0.717, 1.165) is 0 Å². The summed E-state index contributed by atoms with van der Waals surface area (Å²) in [6.07, 6.45) is -1.24. The minimum Gasteiger partial charge on any atom is -0.452 e. The number of nitrogens with one attached hydrogen (secondary N) is 2. The summed E-state index contributed by atoms with van der Waals surface area (Å²) in [5, 5.41) is 2.55. The van der Waals surface area contributed by atoms with E-state index in [1.807, 2.05) is 0 Å². The Kier molecular flexibility index (Phi) is 7.46. The van der Waals surface area contributed by atoms with E-state index in [1.54, 1.807) is 19.9 Å². The van der Waals surface area contributed by atoms with Gasteiger partial charge in [-0.2, -0.15) is 0 Å². The van der Waals surface area contributed by atoms with Crippen LogP contribution >= 0.6 is 0 Å². The van der Waals surface area contributed by atoms with Crippen molar-refractivity contribution in [1.82, 2.24) is 4.72 Å². The first kappa shape index (κ1) is 22.5. The zero-order valence-corrected chi connectivity index (χ0v) is 17.1. The van der Waals surface area contributed by atoms with Crippen molar-refractivity contribution < 1.29 is 27.1 Å². The summed E-state index contributed by atoms with van der Waals surface area (Å²) in [5.74, 6) is -1.71. The molecular formula is C20H23FN2O5S. The Hall–Kier alpha value is -2.78. The topological polar surface area (TPSA) is 102 Å². The lowest BCUT2D eigenvalue weighted by Gasteiger charge is -2.14. The Morgan fingerprint density at radius 1 is 1.07 bits per heavy atom. The molecule has 2 rings (SSSR count). The van der Waals surface area contributed by atoms with Crippen molar-refractivity contribution in [2.45, 2.75) is 44.2 Å². The highest BCUT2D eigenvalue weighted by atomic mass is 32.2. The third-order valence-electron chi connectivity index (χ3n) is 3.74. The standard InChI is InChI=1S/C20H23FN2O5S/c1-13(2)23-29(26,27)18-9-7-17(8-10-18)22-20(25)14(3)28-19(24)12-15-5-4-6-16(21)11-15/h4-11,13-14,23H,12H2,1-3H3,(H,22,25)/t14-/m1/s1. The van der Waals surface area contributed by atoms with Crippen LogP contribution in [0.4, 0.5) is 10.1 Å². The van der Waals surface area contributed by atoms with Crippen LogP contribution in [0.25, 0.3) is 0 Å². The molecule has 2 aromatic carbocycles. The first-order chi connectivity index (χ1) is 13.6. The number of amides is 1. The van der Waals surface area contributed by atoms with Crippen molar-refractivity contribution in [3.8, 4) is 0 Å². The van der Waals surface area contributed by atoms with Gasteiger partial charge in [0, 0.05) is 11.7 Å². The number of carbonyl (C=O) groups excluding carboxylic acids is 2. The highest BCUT2D eigenvalue weighted by molar-refractivity contribution is 7.89. The minimum absolute atomic E-state index is 0.0683. The molecule has 0 spiro atoms. The second kappa shape index (κ2) is 9.62. The van der Waals surface area contributed by atoms with Crippen LogP contribution < -0.4 is 10.0 Å². The Bertz CT molecular complexity index is 975. The lowest BCUT2D eigenvalue weighted by atomic mass is 10.1. The van der Waals surface area contributed by atoms with E-state index >= 15 is 0 Å². The number of hydrogen-bond acceptors (Lipinski definition) is 5. The number of rotatable bonds is 8. The molecule has 0 aliphatic rings. The van der Waals surface area contributed by atoms with Crippen LogP contribution in [-0.4, -0.2) is 32.4 Å².